The van der Waals surface area contributed by atoms with Gasteiger partial charge in [-0.25, -0.2) is 4.98 Å². The summed E-state index contributed by atoms with van der Waals surface area (Å²) in [7, 11) is 1.49. The van der Waals surface area contributed by atoms with Crippen molar-refractivity contribution in [1.29, 1.82) is 0 Å². The normalized spacial score (nSPS) is 14.9. The third-order valence-corrected chi connectivity index (χ3v) is 6.61. The van der Waals surface area contributed by atoms with E-state index in [1.807, 2.05) is 31.6 Å². The number of nitrogens with zero attached hydrogens (tertiary/aromatic N) is 5. The number of anilines is 4. The van der Waals surface area contributed by atoms with Crippen LogP contribution in [0.3, 0.4) is 0 Å². The Hall–Kier alpha value is -4.94. The summed E-state index contributed by atoms with van der Waals surface area (Å²) in [5, 5.41) is 13.6. The lowest BCUT2D eigenvalue weighted by molar-refractivity contribution is -0.127. The first-order valence-corrected chi connectivity index (χ1v) is 13.3. The Morgan fingerprint density at radius 2 is 2.00 bits per heavy atom. The molecule has 1 atom stereocenters. The lowest BCUT2D eigenvalue weighted by Gasteiger charge is -2.32. The lowest BCUT2D eigenvalue weighted by Crippen LogP contribution is -2.39. The summed E-state index contributed by atoms with van der Waals surface area (Å²) >= 11 is 0. The Morgan fingerprint density at radius 1 is 1.22 bits per heavy atom. The third-order valence-electron chi connectivity index (χ3n) is 6.61. The second-order valence-electron chi connectivity index (χ2n) is 10.1. The minimum atomic E-state index is -0.715. The molecule has 4 rings (SSSR count). The van der Waals surface area contributed by atoms with E-state index in [2.05, 4.69) is 37.6 Å². The summed E-state index contributed by atoms with van der Waals surface area (Å²) < 4.78 is 7.36. The molecule has 0 saturated carbocycles. The quantitative estimate of drug-likeness (QED) is 0.272. The largest absolute Gasteiger partial charge is 0.495 e. The number of hydrogen-bond donors (Lipinski definition) is 4. The molecule has 0 radical (unpaired) electrons. The fourth-order valence-corrected chi connectivity index (χ4v) is 4.62. The van der Waals surface area contributed by atoms with Gasteiger partial charge < -0.3 is 31.3 Å². The molecule has 3 aromatic rings. The van der Waals surface area contributed by atoms with Crippen molar-refractivity contribution in [2.24, 2.45) is 5.73 Å². The van der Waals surface area contributed by atoms with E-state index >= 15 is 0 Å². The topological polar surface area (TPSA) is 169 Å². The Balaban J connectivity index is 1.57. The highest BCUT2D eigenvalue weighted by atomic mass is 16.5. The van der Waals surface area contributed by atoms with Crippen LogP contribution in [-0.2, 0) is 4.79 Å². The number of rotatable bonds is 10. The second-order valence-corrected chi connectivity index (χ2v) is 10.1. The number of ether oxygens (including phenoxy) is 1. The van der Waals surface area contributed by atoms with Crippen LogP contribution < -0.4 is 26.4 Å². The van der Waals surface area contributed by atoms with E-state index in [0.717, 1.165) is 12.8 Å². The third kappa shape index (κ3) is 6.80. The molecule has 1 saturated heterocycles. The van der Waals surface area contributed by atoms with Crippen LogP contribution in [0.5, 0.6) is 5.75 Å². The Kier molecular flexibility index (Phi) is 8.85. The van der Waals surface area contributed by atoms with Crippen molar-refractivity contribution in [2.75, 3.05) is 30.8 Å². The molecule has 1 aliphatic heterocycles. The fraction of sp³-hybridized carbons (Fsp3) is 0.357. The van der Waals surface area contributed by atoms with Gasteiger partial charge in [0.15, 0.2) is 0 Å². The number of nitrogens with one attached hydrogen (secondary N) is 3. The zero-order valence-corrected chi connectivity index (χ0v) is 23.6. The maximum atomic E-state index is 12.6. The molecule has 2 aromatic heterocycles. The summed E-state index contributed by atoms with van der Waals surface area (Å²) in [6.07, 6.45) is 7.87. The average Bonchev–Trinajstić information content (AvgIpc) is 3.41. The predicted octanol–water partition coefficient (Wildman–Crippen LogP) is 3.06. The SMILES string of the molecule is C=CC(=O)N1CCC[C@@H](n2cc(Nc3ncc(C(N)=O)c(Nc4c(C)cc(C(=O)NC(C)C)cc4OC)n3)cn2)C1. The molecule has 0 bridgehead atoms. The first-order chi connectivity index (χ1) is 19.6. The highest BCUT2D eigenvalue weighted by Crippen LogP contribution is 2.33. The van der Waals surface area contributed by atoms with Crippen LogP contribution in [0, 0.1) is 6.92 Å². The van der Waals surface area contributed by atoms with Gasteiger partial charge in [-0.1, -0.05) is 6.58 Å². The van der Waals surface area contributed by atoms with Crippen LogP contribution in [0.1, 0.15) is 59.0 Å². The number of amides is 3. The zero-order valence-electron chi connectivity index (χ0n) is 23.6. The van der Waals surface area contributed by atoms with Gasteiger partial charge in [-0.3, -0.25) is 19.1 Å². The smallest absolute Gasteiger partial charge is 0.254 e. The molecular weight excluding hydrogens is 526 g/mol. The number of carbonyl (C=O) groups excluding carboxylic acids is 3. The molecule has 3 heterocycles. The molecule has 1 aromatic carbocycles. The van der Waals surface area contributed by atoms with Gasteiger partial charge in [-0.05, 0) is 57.4 Å². The van der Waals surface area contributed by atoms with Crippen LogP contribution >= 0.6 is 0 Å². The number of aromatic nitrogens is 4. The van der Waals surface area contributed by atoms with E-state index in [-0.39, 0.29) is 41.2 Å². The lowest BCUT2D eigenvalue weighted by atomic mass is 10.1. The molecule has 1 aliphatic rings. The average molecular weight is 562 g/mol. The number of methoxy groups -OCH3 is 1. The van der Waals surface area contributed by atoms with Crippen LogP contribution in [-0.4, -0.2) is 68.6 Å². The number of nitrogens with two attached hydrogens (primary N) is 1. The molecule has 216 valence electrons. The van der Waals surface area contributed by atoms with Crippen molar-refractivity contribution >= 4 is 40.9 Å². The zero-order chi connectivity index (χ0) is 29.7. The molecular formula is C28H35N9O4. The number of primary amides is 1. The standard InChI is InChI=1S/C28H35N9O4/c1-6-23(38)36-9-7-8-20(15-36)37-14-19(12-31-37)33-28-30-13-21(25(29)39)26(35-28)34-24-17(4)10-18(11-22(24)41-5)27(40)32-16(2)3/h6,10-14,16,20H,1,7-9,15H2,2-5H3,(H2,29,39)(H,32,40)(H2,30,33,34,35)/t20-/m1/s1. The van der Waals surface area contributed by atoms with E-state index < -0.39 is 5.91 Å². The maximum Gasteiger partial charge on any atom is 0.254 e. The summed E-state index contributed by atoms with van der Waals surface area (Å²) in [6, 6.07) is 3.33. The van der Waals surface area contributed by atoms with E-state index in [1.165, 1.54) is 19.4 Å². The van der Waals surface area contributed by atoms with Gasteiger partial charge in [-0.15, -0.1) is 0 Å². The number of carbonyl (C=O) groups is 3. The fourth-order valence-electron chi connectivity index (χ4n) is 4.62. The highest BCUT2D eigenvalue weighted by molar-refractivity contribution is 5.99. The number of hydrogen-bond acceptors (Lipinski definition) is 9. The monoisotopic (exact) mass is 561 g/mol. The van der Waals surface area contributed by atoms with Crippen LogP contribution in [0.15, 0.2) is 43.4 Å². The molecule has 41 heavy (non-hydrogen) atoms. The van der Waals surface area contributed by atoms with Crippen LogP contribution in [0.4, 0.5) is 23.1 Å². The molecule has 1 fully saturated rings. The summed E-state index contributed by atoms with van der Waals surface area (Å²) in [4.78, 5) is 47.3. The first kappa shape index (κ1) is 29.1. The molecule has 3 amide bonds. The summed E-state index contributed by atoms with van der Waals surface area (Å²) in [5.41, 5.74) is 7.96. The van der Waals surface area contributed by atoms with Gasteiger partial charge in [0.05, 0.1) is 30.7 Å². The van der Waals surface area contributed by atoms with Crippen LogP contribution in [0.25, 0.3) is 0 Å². The van der Waals surface area contributed by atoms with Crippen LogP contribution in [0.2, 0.25) is 0 Å². The molecule has 0 spiro atoms. The molecule has 13 nitrogen and oxygen atoms in total. The molecule has 0 aliphatic carbocycles. The highest BCUT2D eigenvalue weighted by Gasteiger charge is 2.24. The van der Waals surface area contributed by atoms with Gasteiger partial charge >= 0.3 is 0 Å². The van der Waals surface area contributed by atoms with E-state index in [4.69, 9.17) is 10.5 Å². The van der Waals surface area contributed by atoms with Gasteiger partial charge in [0.2, 0.25) is 11.9 Å². The molecule has 5 N–H and O–H groups in total. The van der Waals surface area contributed by atoms with Gasteiger partial charge in [-0.2, -0.15) is 10.1 Å². The number of aryl methyl sites for hydroxylation is 1. The van der Waals surface area contributed by atoms with Gasteiger partial charge in [0.25, 0.3) is 11.8 Å². The van der Waals surface area contributed by atoms with E-state index in [0.29, 0.717) is 41.3 Å². The Morgan fingerprint density at radius 3 is 2.68 bits per heavy atom. The van der Waals surface area contributed by atoms with Crippen molar-refractivity contribution in [1.82, 2.24) is 30.0 Å². The minimum absolute atomic E-state index is 0.0254. The Labute approximate surface area is 238 Å². The first-order valence-electron chi connectivity index (χ1n) is 13.3. The maximum absolute atomic E-state index is 12.6. The van der Waals surface area contributed by atoms with E-state index in [1.54, 1.807) is 23.2 Å². The molecule has 13 heteroatoms. The number of piperidine rings is 1. The summed E-state index contributed by atoms with van der Waals surface area (Å²) in [5.74, 6) is -0.285. The summed E-state index contributed by atoms with van der Waals surface area (Å²) in [6.45, 7) is 10.4. The molecule has 0 unspecified atom stereocenters. The van der Waals surface area contributed by atoms with Crippen molar-refractivity contribution in [2.45, 2.75) is 45.7 Å². The predicted molar refractivity (Wildman–Crippen MR) is 155 cm³/mol. The van der Waals surface area contributed by atoms with Crippen molar-refractivity contribution in [3.63, 3.8) is 0 Å². The van der Waals surface area contributed by atoms with E-state index in [9.17, 15) is 14.4 Å². The number of benzene rings is 1. The van der Waals surface area contributed by atoms with Crippen molar-refractivity contribution < 1.29 is 19.1 Å². The number of likely N-dealkylation sites (tertiary alicyclic amines) is 1. The van der Waals surface area contributed by atoms with Gasteiger partial charge in [0.1, 0.15) is 17.1 Å². The minimum Gasteiger partial charge on any atom is -0.495 e. The van der Waals surface area contributed by atoms with Gasteiger partial charge in [0, 0.05) is 37.1 Å². The van der Waals surface area contributed by atoms with Crippen molar-refractivity contribution in [3.05, 3.63) is 60.1 Å². The Bertz CT molecular complexity index is 1470. The van der Waals surface area contributed by atoms with Crippen molar-refractivity contribution in [3.8, 4) is 5.75 Å². The second kappa shape index (κ2) is 12.5.